The maximum Gasteiger partial charge on any atom is 0.211 e. The summed E-state index contributed by atoms with van der Waals surface area (Å²) in [5, 5.41) is 5.82. The summed E-state index contributed by atoms with van der Waals surface area (Å²) < 4.78 is 23.6. The number of rotatable bonds is 2. The normalized spacial score (nSPS) is 21.7. The van der Waals surface area contributed by atoms with Crippen molar-refractivity contribution in [3.8, 4) is 0 Å². The lowest BCUT2D eigenvalue weighted by molar-refractivity contribution is 0.504. The molecule has 0 atom stereocenters. The summed E-state index contributed by atoms with van der Waals surface area (Å²) in [5.41, 5.74) is 0. The molecule has 5 nitrogen and oxygen atoms in total. The highest BCUT2D eigenvalue weighted by atomic mass is 32.2. The molecule has 1 aliphatic rings. The fourth-order valence-corrected chi connectivity index (χ4v) is 1.40. The molecule has 0 aromatic rings. The SMILES string of the molecule is CS(=O)(=O)NC1NCCN1. The maximum absolute atomic E-state index is 10.6. The van der Waals surface area contributed by atoms with Crippen LogP contribution in [0.5, 0.6) is 0 Å². The van der Waals surface area contributed by atoms with Crippen LogP contribution in [0.25, 0.3) is 0 Å². The molecule has 0 aromatic carbocycles. The van der Waals surface area contributed by atoms with Gasteiger partial charge in [0.15, 0.2) is 0 Å². The van der Waals surface area contributed by atoms with Crippen LogP contribution in [-0.4, -0.2) is 34.1 Å². The molecule has 1 aliphatic heterocycles. The molecular weight excluding hydrogens is 154 g/mol. The third kappa shape index (κ3) is 2.61. The van der Waals surface area contributed by atoms with E-state index in [4.69, 9.17) is 0 Å². The molecule has 0 saturated carbocycles. The third-order valence-electron chi connectivity index (χ3n) is 1.15. The Morgan fingerprint density at radius 3 is 2.30 bits per heavy atom. The highest BCUT2D eigenvalue weighted by Crippen LogP contribution is 1.82. The van der Waals surface area contributed by atoms with Crippen LogP contribution in [0.3, 0.4) is 0 Å². The van der Waals surface area contributed by atoms with Gasteiger partial charge in [-0.05, 0) is 0 Å². The zero-order valence-electron chi connectivity index (χ0n) is 5.72. The highest BCUT2D eigenvalue weighted by Gasteiger charge is 2.15. The monoisotopic (exact) mass is 165 g/mol. The minimum absolute atomic E-state index is 0.282. The first kappa shape index (κ1) is 7.93. The van der Waals surface area contributed by atoms with Crippen LogP contribution in [0.15, 0.2) is 0 Å². The summed E-state index contributed by atoms with van der Waals surface area (Å²) in [5.74, 6) is 0. The van der Waals surface area contributed by atoms with E-state index in [9.17, 15) is 8.42 Å². The van der Waals surface area contributed by atoms with Gasteiger partial charge in [0, 0.05) is 13.1 Å². The smallest absolute Gasteiger partial charge is 0.211 e. The van der Waals surface area contributed by atoms with Gasteiger partial charge in [-0.1, -0.05) is 0 Å². The van der Waals surface area contributed by atoms with E-state index in [-0.39, 0.29) is 6.29 Å². The first-order valence-corrected chi connectivity index (χ1v) is 4.91. The molecule has 3 N–H and O–H groups in total. The van der Waals surface area contributed by atoms with Gasteiger partial charge in [0.2, 0.25) is 10.0 Å². The van der Waals surface area contributed by atoms with E-state index in [1.165, 1.54) is 0 Å². The molecule has 1 saturated heterocycles. The van der Waals surface area contributed by atoms with Crippen molar-refractivity contribution in [2.45, 2.75) is 6.29 Å². The molecule has 0 aliphatic carbocycles. The molecule has 1 fully saturated rings. The van der Waals surface area contributed by atoms with Crippen molar-refractivity contribution in [2.24, 2.45) is 0 Å². The predicted molar refractivity (Wildman–Crippen MR) is 37.8 cm³/mol. The first-order valence-electron chi connectivity index (χ1n) is 3.02. The van der Waals surface area contributed by atoms with Gasteiger partial charge < -0.3 is 0 Å². The van der Waals surface area contributed by atoms with E-state index in [1.807, 2.05) is 0 Å². The maximum atomic E-state index is 10.6. The van der Waals surface area contributed by atoms with Crippen LogP contribution in [0.1, 0.15) is 0 Å². The summed E-state index contributed by atoms with van der Waals surface area (Å²) in [4.78, 5) is 0. The minimum Gasteiger partial charge on any atom is -0.288 e. The zero-order chi connectivity index (χ0) is 7.61. The van der Waals surface area contributed by atoms with Crippen molar-refractivity contribution in [1.82, 2.24) is 15.4 Å². The van der Waals surface area contributed by atoms with E-state index in [2.05, 4.69) is 15.4 Å². The number of hydrogen-bond acceptors (Lipinski definition) is 4. The first-order chi connectivity index (χ1) is 4.58. The minimum atomic E-state index is -3.08. The molecule has 0 radical (unpaired) electrons. The Morgan fingerprint density at radius 1 is 1.40 bits per heavy atom. The molecule has 6 heteroatoms. The van der Waals surface area contributed by atoms with Crippen LogP contribution in [-0.2, 0) is 10.0 Å². The quantitative estimate of drug-likeness (QED) is 0.443. The fourth-order valence-electron chi connectivity index (χ4n) is 0.803. The van der Waals surface area contributed by atoms with Crippen LogP contribution in [0.2, 0.25) is 0 Å². The van der Waals surface area contributed by atoms with E-state index < -0.39 is 10.0 Å². The molecule has 0 aromatic heterocycles. The van der Waals surface area contributed by atoms with Crippen LogP contribution in [0.4, 0.5) is 0 Å². The molecule has 60 valence electrons. The second-order valence-corrected chi connectivity index (χ2v) is 4.01. The second-order valence-electron chi connectivity index (χ2n) is 2.23. The molecule has 0 unspecified atom stereocenters. The van der Waals surface area contributed by atoms with Gasteiger partial charge in [-0.25, -0.2) is 8.42 Å². The summed E-state index contributed by atoms with van der Waals surface area (Å²) in [6.07, 6.45) is 0.851. The van der Waals surface area contributed by atoms with Gasteiger partial charge in [-0.2, -0.15) is 4.72 Å². The van der Waals surface area contributed by atoms with Crippen LogP contribution >= 0.6 is 0 Å². The zero-order valence-corrected chi connectivity index (χ0v) is 6.53. The second kappa shape index (κ2) is 2.83. The van der Waals surface area contributed by atoms with Crippen molar-refractivity contribution >= 4 is 10.0 Å². The van der Waals surface area contributed by atoms with Gasteiger partial charge >= 0.3 is 0 Å². The van der Waals surface area contributed by atoms with Crippen LogP contribution < -0.4 is 15.4 Å². The van der Waals surface area contributed by atoms with Crippen molar-refractivity contribution in [2.75, 3.05) is 19.3 Å². The standard InChI is InChI=1S/C4H11N3O2S/c1-10(8,9)7-4-5-2-3-6-4/h4-7H,2-3H2,1H3. The van der Waals surface area contributed by atoms with Crippen molar-refractivity contribution in [3.63, 3.8) is 0 Å². The third-order valence-corrected chi connectivity index (χ3v) is 1.82. The Balaban J connectivity index is 2.38. The number of hydrogen-bond donors (Lipinski definition) is 3. The molecule has 0 spiro atoms. The van der Waals surface area contributed by atoms with Crippen LogP contribution in [0, 0.1) is 0 Å². The molecule has 0 bridgehead atoms. The topological polar surface area (TPSA) is 70.2 Å². The number of nitrogens with one attached hydrogen (secondary N) is 3. The van der Waals surface area contributed by atoms with Gasteiger partial charge in [0.1, 0.15) is 6.29 Å². The summed E-state index contributed by atoms with van der Waals surface area (Å²) >= 11 is 0. The highest BCUT2D eigenvalue weighted by molar-refractivity contribution is 7.88. The Labute approximate surface area is 60.2 Å². The predicted octanol–water partition coefficient (Wildman–Crippen LogP) is -1.99. The number of sulfonamides is 1. The lowest BCUT2D eigenvalue weighted by Crippen LogP contribution is -2.47. The molecule has 10 heavy (non-hydrogen) atoms. The van der Waals surface area contributed by atoms with Gasteiger partial charge in [0.05, 0.1) is 6.26 Å². The lowest BCUT2D eigenvalue weighted by Gasteiger charge is -2.09. The average Bonchev–Trinajstić information content (AvgIpc) is 2.12. The Morgan fingerprint density at radius 2 is 1.90 bits per heavy atom. The van der Waals surface area contributed by atoms with E-state index >= 15 is 0 Å². The average molecular weight is 165 g/mol. The lowest BCUT2D eigenvalue weighted by atomic mass is 10.7. The summed E-state index contributed by atoms with van der Waals surface area (Å²) in [6.45, 7) is 1.60. The fraction of sp³-hybridized carbons (Fsp3) is 1.00. The van der Waals surface area contributed by atoms with Crippen molar-refractivity contribution < 1.29 is 8.42 Å². The Hall–Kier alpha value is -0.170. The van der Waals surface area contributed by atoms with E-state index in [0.29, 0.717) is 0 Å². The van der Waals surface area contributed by atoms with Gasteiger partial charge in [-0.15, -0.1) is 0 Å². The van der Waals surface area contributed by atoms with Gasteiger partial charge in [-0.3, -0.25) is 10.6 Å². The summed E-state index contributed by atoms with van der Waals surface area (Å²) in [7, 11) is -3.08. The summed E-state index contributed by atoms with van der Waals surface area (Å²) in [6, 6.07) is 0. The van der Waals surface area contributed by atoms with E-state index in [1.54, 1.807) is 0 Å². The Bertz CT molecular complexity index is 195. The van der Waals surface area contributed by atoms with Crippen molar-refractivity contribution in [1.29, 1.82) is 0 Å². The van der Waals surface area contributed by atoms with Gasteiger partial charge in [0.25, 0.3) is 0 Å². The molecular formula is C4H11N3O2S. The Kier molecular flexibility index (Phi) is 2.24. The molecule has 0 amide bonds. The van der Waals surface area contributed by atoms with E-state index in [0.717, 1.165) is 19.3 Å². The largest absolute Gasteiger partial charge is 0.288 e. The molecule has 1 rings (SSSR count). The van der Waals surface area contributed by atoms with Crippen molar-refractivity contribution in [3.05, 3.63) is 0 Å². The molecule has 1 heterocycles.